The second-order valence-electron chi connectivity index (χ2n) is 7.99. The van der Waals surface area contributed by atoms with Crippen LogP contribution in [-0.4, -0.2) is 40.7 Å². The first-order valence-electron chi connectivity index (χ1n) is 11.1. The molecular weight excluding hydrogens is 434 g/mol. The molecule has 0 aliphatic heterocycles. The van der Waals surface area contributed by atoms with Gasteiger partial charge < -0.3 is 20.5 Å². The van der Waals surface area contributed by atoms with E-state index in [1.165, 1.54) is 18.3 Å². The third-order valence-electron chi connectivity index (χ3n) is 5.87. The Labute approximate surface area is 197 Å². The number of carbonyl (C=O) groups excluding carboxylic acids is 2. The molecule has 174 valence electrons. The van der Waals surface area contributed by atoms with Gasteiger partial charge in [-0.25, -0.2) is 9.59 Å². The Hall–Kier alpha value is -4.20. The first-order chi connectivity index (χ1) is 16.5. The van der Waals surface area contributed by atoms with E-state index in [2.05, 4.69) is 27.8 Å². The molecule has 0 spiro atoms. The zero-order valence-corrected chi connectivity index (χ0v) is 18.7. The summed E-state index contributed by atoms with van der Waals surface area (Å²) in [6.07, 6.45) is 1.06. The summed E-state index contributed by atoms with van der Waals surface area (Å²) < 4.78 is 5.52. The fraction of sp³-hybridized carbons (Fsp3) is 0.231. The minimum Gasteiger partial charge on any atom is -0.478 e. The lowest BCUT2D eigenvalue weighted by atomic mass is 9.98. The van der Waals surface area contributed by atoms with Crippen molar-refractivity contribution in [3.8, 4) is 11.1 Å². The Balaban J connectivity index is 1.33. The highest BCUT2D eigenvalue weighted by molar-refractivity contribution is 5.88. The lowest BCUT2D eigenvalue weighted by molar-refractivity contribution is -0.123. The van der Waals surface area contributed by atoms with Gasteiger partial charge in [0.2, 0.25) is 5.91 Å². The Morgan fingerprint density at radius 1 is 1.03 bits per heavy atom. The molecule has 0 saturated carbocycles. The van der Waals surface area contributed by atoms with Crippen LogP contribution in [-0.2, 0) is 16.1 Å². The number of carboxylic acids is 1. The van der Waals surface area contributed by atoms with E-state index in [0.717, 1.165) is 22.3 Å². The molecule has 0 saturated heterocycles. The van der Waals surface area contributed by atoms with E-state index in [1.54, 1.807) is 6.92 Å². The number of hydrogen-bond donors (Lipinski definition) is 3. The summed E-state index contributed by atoms with van der Waals surface area (Å²) >= 11 is 0. The summed E-state index contributed by atoms with van der Waals surface area (Å²) in [4.78, 5) is 40.2. The van der Waals surface area contributed by atoms with E-state index in [-0.39, 0.29) is 24.6 Å². The number of amides is 2. The number of carboxylic acid groups (broad SMARTS) is 1. The van der Waals surface area contributed by atoms with Crippen molar-refractivity contribution < 1.29 is 24.2 Å². The molecule has 0 fully saturated rings. The number of rotatable bonds is 8. The van der Waals surface area contributed by atoms with Crippen molar-refractivity contribution in [2.75, 3.05) is 6.61 Å². The first-order valence-corrected chi connectivity index (χ1v) is 11.1. The topological polar surface area (TPSA) is 118 Å². The summed E-state index contributed by atoms with van der Waals surface area (Å²) in [5.41, 5.74) is 4.99. The zero-order valence-electron chi connectivity index (χ0n) is 18.7. The molecule has 1 aromatic heterocycles. The minimum atomic E-state index is -1.07. The van der Waals surface area contributed by atoms with Gasteiger partial charge in [0.15, 0.2) is 0 Å². The molecule has 34 heavy (non-hydrogen) atoms. The van der Waals surface area contributed by atoms with E-state index in [9.17, 15) is 14.4 Å². The molecule has 8 heteroatoms. The molecule has 1 aliphatic carbocycles. The van der Waals surface area contributed by atoms with Crippen molar-refractivity contribution in [1.82, 2.24) is 15.6 Å². The molecule has 1 unspecified atom stereocenters. The number of pyridine rings is 1. The highest BCUT2D eigenvalue weighted by Gasteiger charge is 2.29. The molecular formula is C26H25N3O5. The van der Waals surface area contributed by atoms with Crippen molar-refractivity contribution in [3.63, 3.8) is 0 Å². The largest absolute Gasteiger partial charge is 0.478 e. The summed E-state index contributed by atoms with van der Waals surface area (Å²) in [5.74, 6) is -1.54. The first kappa shape index (κ1) is 23.0. The number of aromatic carboxylic acids is 1. The Morgan fingerprint density at radius 2 is 1.68 bits per heavy atom. The maximum atomic E-state index is 12.6. The van der Waals surface area contributed by atoms with E-state index >= 15 is 0 Å². The molecule has 2 amide bonds. The summed E-state index contributed by atoms with van der Waals surface area (Å²) in [7, 11) is 0. The SMILES string of the molecule is CCC(NC(=O)OCC1c2ccccc2-c2ccccc21)C(=O)NCc1cc(C(=O)O)ccn1. The molecule has 0 bridgehead atoms. The smallest absolute Gasteiger partial charge is 0.407 e. The standard InChI is InChI=1S/C26H25N3O5/c1-2-23(24(30)28-14-17-13-16(25(31)32)11-12-27-17)29-26(33)34-15-22-20-9-5-3-7-18(20)19-8-4-6-10-21(19)22/h3-13,22-23H,2,14-15H2,1H3,(H,28,30)(H,29,33)(H,31,32). The number of ether oxygens (including phenoxy) is 1. The van der Waals surface area contributed by atoms with Gasteiger partial charge in [0.1, 0.15) is 12.6 Å². The predicted molar refractivity (Wildman–Crippen MR) is 125 cm³/mol. The molecule has 1 aliphatic rings. The van der Waals surface area contributed by atoms with Gasteiger partial charge in [-0.15, -0.1) is 0 Å². The van der Waals surface area contributed by atoms with Crippen LogP contribution in [0.25, 0.3) is 11.1 Å². The molecule has 3 aromatic rings. The van der Waals surface area contributed by atoms with Crippen LogP contribution in [0.1, 0.15) is 46.4 Å². The number of hydrogen-bond acceptors (Lipinski definition) is 5. The molecule has 0 radical (unpaired) electrons. The Kier molecular flexibility index (Phi) is 6.87. The monoisotopic (exact) mass is 459 g/mol. The van der Waals surface area contributed by atoms with Gasteiger partial charge >= 0.3 is 12.1 Å². The number of carbonyl (C=O) groups is 3. The van der Waals surface area contributed by atoms with Crippen LogP contribution in [0.3, 0.4) is 0 Å². The fourth-order valence-corrected chi connectivity index (χ4v) is 4.14. The molecule has 1 heterocycles. The van der Waals surface area contributed by atoms with E-state index < -0.39 is 24.0 Å². The second-order valence-corrected chi connectivity index (χ2v) is 7.99. The van der Waals surface area contributed by atoms with Crippen LogP contribution in [0.2, 0.25) is 0 Å². The van der Waals surface area contributed by atoms with Crippen LogP contribution >= 0.6 is 0 Å². The van der Waals surface area contributed by atoms with E-state index in [4.69, 9.17) is 9.84 Å². The summed E-state index contributed by atoms with van der Waals surface area (Å²) in [6.45, 7) is 1.98. The molecule has 8 nitrogen and oxygen atoms in total. The molecule has 1 atom stereocenters. The quantitative estimate of drug-likeness (QED) is 0.473. The van der Waals surface area contributed by atoms with Gasteiger partial charge in [-0.2, -0.15) is 0 Å². The lowest BCUT2D eigenvalue weighted by Gasteiger charge is -2.18. The molecule has 3 N–H and O–H groups in total. The average molecular weight is 460 g/mol. The van der Waals surface area contributed by atoms with Gasteiger partial charge in [-0.1, -0.05) is 55.5 Å². The number of nitrogens with one attached hydrogen (secondary N) is 2. The minimum absolute atomic E-state index is 0.0445. The van der Waals surface area contributed by atoms with Crippen molar-refractivity contribution >= 4 is 18.0 Å². The predicted octanol–water partition coefficient (Wildman–Crippen LogP) is 3.71. The Morgan fingerprint density at radius 3 is 2.29 bits per heavy atom. The highest BCUT2D eigenvalue weighted by atomic mass is 16.5. The van der Waals surface area contributed by atoms with E-state index in [1.807, 2.05) is 36.4 Å². The molecule has 2 aromatic carbocycles. The zero-order chi connectivity index (χ0) is 24.1. The van der Waals surface area contributed by atoms with Crippen LogP contribution in [0, 0.1) is 0 Å². The normalized spacial score (nSPS) is 12.9. The summed E-state index contributed by atoms with van der Waals surface area (Å²) in [6, 6.07) is 18.1. The van der Waals surface area contributed by atoms with Gasteiger partial charge in [0, 0.05) is 12.1 Å². The average Bonchev–Trinajstić information content (AvgIpc) is 3.18. The van der Waals surface area contributed by atoms with Crippen molar-refractivity contribution in [2.24, 2.45) is 0 Å². The van der Waals surface area contributed by atoms with Crippen molar-refractivity contribution in [2.45, 2.75) is 31.8 Å². The van der Waals surface area contributed by atoms with Crippen molar-refractivity contribution in [1.29, 1.82) is 0 Å². The number of benzene rings is 2. The van der Waals surface area contributed by atoms with Gasteiger partial charge in [0.25, 0.3) is 0 Å². The third-order valence-corrected chi connectivity index (χ3v) is 5.87. The Bertz CT molecular complexity index is 1180. The third kappa shape index (κ3) is 4.91. The van der Waals surface area contributed by atoms with Gasteiger partial charge in [-0.05, 0) is 40.8 Å². The molecule has 4 rings (SSSR count). The van der Waals surface area contributed by atoms with Gasteiger partial charge in [-0.3, -0.25) is 9.78 Å². The van der Waals surface area contributed by atoms with E-state index in [0.29, 0.717) is 12.1 Å². The number of aromatic nitrogens is 1. The van der Waals surface area contributed by atoms with Crippen LogP contribution in [0.4, 0.5) is 4.79 Å². The maximum Gasteiger partial charge on any atom is 0.407 e. The highest BCUT2D eigenvalue weighted by Crippen LogP contribution is 2.44. The number of alkyl carbamates (subject to hydrolysis) is 1. The number of nitrogens with zero attached hydrogens (tertiary/aromatic N) is 1. The van der Waals surface area contributed by atoms with Crippen LogP contribution in [0.15, 0.2) is 66.9 Å². The number of fused-ring (bicyclic) bond motifs is 3. The van der Waals surface area contributed by atoms with Crippen LogP contribution in [0.5, 0.6) is 0 Å². The second kappa shape index (κ2) is 10.2. The fourth-order valence-electron chi connectivity index (χ4n) is 4.14. The maximum absolute atomic E-state index is 12.6. The van der Waals surface area contributed by atoms with Crippen LogP contribution < -0.4 is 10.6 Å². The summed E-state index contributed by atoms with van der Waals surface area (Å²) in [5, 5.41) is 14.4. The lowest BCUT2D eigenvalue weighted by Crippen LogP contribution is -2.46. The van der Waals surface area contributed by atoms with Gasteiger partial charge in [0.05, 0.1) is 17.8 Å². The van der Waals surface area contributed by atoms with Crippen molar-refractivity contribution in [3.05, 3.63) is 89.2 Å².